The fourth-order valence-electron chi connectivity index (χ4n) is 3.35. The molecule has 0 amide bonds. The van der Waals surface area contributed by atoms with Crippen molar-refractivity contribution in [2.75, 3.05) is 20.3 Å². The molecular weight excluding hydrogens is 420 g/mol. The Morgan fingerprint density at radius 1 is 0.818 bits per heavy atom. The zero-order valence-electron chi connectivity index (χ0n) is 18.9. The molecule has 0 saturated heterocycles. The van der Waals surface area contributed by atoms with E-state index < -0.39 is 5.97 Å². The number of rotatable bonds is 12. The summed E-state index contributed by atoms with van der Waals surface area (Å²) >= 11 is 0. The van der Waals surface area contributed by atoms with E-state index in [0.717, 1.165) is 11.1 Å². The number of carbonyl (C=O) groups excluding carboxylic acids is 2. The monoisotopic (exact) mass is 448 g/mol. The van der Waals surface area contributed by atoms with Crippen LogP contribution in [0.4, 0.5) is 0 Å². The lowest BCUT2D eigenvalue weighted by molar-refractivity contribution is -0.142. The highest BCUT2D eigenvalue weighted by Crippen LogP contribution is 2.31. The third kappa shape index (κ3) is 7.19. The highest BCUT2D eigenvalue weighted by molar-refractivity contribution is 6.02. The number of hydrogen-bond donors (Lipinski definition) is 0. The number of ether oxygens (including phenoxy) is 4. The Morgan fingerprint density at radius 2 is 1.42 bits per heavy atom. The highest BCUT2D eigenvalue weighted by atomic mass is 16.5. The fourth-order valence-corrected chi connectivity index (χ4v) is 3.35. The van der Waals surface area contributed by atoms with Crippen LogP contribution in [0.3, 0.4) is 0 Å². The average Bonchev–Trinajstić information content (AvgIpc) is 2.83. The topological polar surface area (TPSA) is 71.1 Å². The van der Waals surface area contributed by atoms with Gasteiger partial charge in [0, 0.05) is 13.2 Å². The molecule has 0 aliphatic heterocycles. The Balaban J connectivity index is 1.96. The van der Waals surface area contributed by atoms with Crippen LogP contribution in [0.15, 0.2) is 72.8 Å². The molecule has 3 aromatic carbocycles. The SMILES string of the molecule is CCOC(=O)Cc1cc(OCc2ccccc2)cc(OCc2ccccc2)c1C(=O)COC. The van der Waals surface area contributed by atoms with Gasteiger partial charge in [0.25, 0.3) is 0 Å². The van der Waals surface area contributed by atoms with E-state index >= 15 is 0 Å². The Labute approximate surface area is 194 Å². The van der Waals surface area contributed by atoms with Crippen molar-refractivity contribution in [3.8, 4) is 11.5 Å². The third-order valence-electron chi connectivity index (χ3n) is 4.84. The first-order valence-electron chi connectivity index (χ1n) is 10.8. The molecule has 0 aromatic heterocycles. The summed E-state index contributed by atoms with van der Waals surface area (Å²) in [6, 6.07) is 22.7. The highest BCUT2D eigenvalue weighted by Gasteiger charge is 2.22. The molecule has 0 spiro atoms. The van der Waals surface area contributed by atoms with Crippen molar-refractivity contribution >= 4 is 11.8 Å². The van der Waals surface area contributed by atoms with Crippen LogP contribution in [0.1, 0.15) is 34.0 Å². The van der Waals surface area contributed by atoms with Gasteiger partial charge in [-0.2, -0.15) is 0 Å². The molecule has 172 valence electrons. The molecule has 0 fully saturated rings. The predicted octanol–water partition coefficient (Wildman–Crippen LogP) is 4.78. The van der Waals surface area contributed by atoms with Gasteiger partial charge in [0.2, 0.25) is 0 Å². The van der Waals surface area contributed by atoms with Crippen LogP contribution in [0, 0.1) is 0 Å². The predicted molar refractivity (Wildman–Crippen MR) is 125 cm³/mol. The van der Waals surface area contributed by atoms with Crippen molar-refractivity contribution in [3.05, 3.63) is 95.1 Å². The zero-order valence-corrected chi connectivity index (χ0v) is 18.9. The molecule has 6 heteroatoms. The molecule has 0 saturated carbocycles. The molecular formula is C27H28O6. The van der Waals surface area contributed by atoms with E-state index in [9.17, 15) is 9.59 Å². The molecule has 33 heavy (non-hydrogen) atoms. The van der Waals surface area contributed by atoms with Crippen LogP contribution in [0.5, 0.6) is 11.5 Å². The van der Waals surface area contributed by atoms with Crippen LogP contribution in [-0.2, 0) is 33.9 Å². The summed E-state index contributed by atoms with van der Waals surface area (Å²) in [5.41, 5.74) is 2.72. The molecule has 0 unspecified atom stereocenters. The maximum absolute atomic E-state index is 12.9. The number of hydrogen-bond acceptors (Lipinski definition) is 6. The minimum absolute atomic E-state index is 0.0805. The Kier molecular flexibility index (Phi) is 9.03. The molecule has 0 radical (unpaired) electrons. The lowest BCUT2D eigenvalue weighted by Gasteiger charge is -2.17. The number of ketones is 1. The largest absolute Gasteiger partial charge is 0.489 e. The molecule has 0 heterocycles. The van der Waals surface area contributed by atoms with Gasteiger partial charge in [-0.15, -0.1) is 0 Å². The van der Waals surface area contributed by atoms with E-state index in [2.05, 4.69) is 0 Å². The number of benzene rings is 3. The molecule has 3 rings (SSSR count). The van der Waals surface area contributed by atoms with Crippen LogP contribution >= 0.6 is 0 Å². The van der Waals surface area contributed by atoms with Crippen molar-refractivity contribution in [1.82, 2.24) is 0 Å². The summed E-state index contributed by atoms with van der Waals surface area (Å²) in [7, 11) is 1.45. The normalized spacial score (nSPS) is 10.5. The van der Waals surface area contributed by atoms with Gasteiger partial charge < -0.3 is 18.9 Å². The van der Waals surface area contributed by atoms with Gasteiger partial charge in [-0.3, -0.25) is 9.59 Å². The Hall–Kier alpha value is -3.64. The van der Waals surface area contributed by atoms with Crippen molar-refractivity contribution in [2.45, 2.75) is 26.6 Å². The van der Waals surface area contributed by atoms with Gasteiger partial charge in [0.15, 0.2) is 5.78 Å². The van der Waals surface area contributed by atoms with Gasteiger partial charge in [-0.05, 0) is 29.7 Å². The Bertz CT molecular complexity index is 1050. The summed E-state index contributed by atoms with van der Waals surface area (Å²) < 4.78 is 22.2. The average molecular weight is 449 g/mol. The number of methoxy groups -OCH3 is 1. The van der Waals surface area contributed by atoms with Crippen molar-refractivity contribution in [3.63, 3.8) is 0 Å². The second-order valence-electron chi connectivity index (χ2n) is 7.34. The van der Waals surface area contributed by atoms with E-state index in [-0.39, 0.29) is 32.0 Å². The first kappa shape index (κ1) is 24.0. The first-order chi connectivity index (χ1) is 16.1. The van der Waals surface area contributed by atoms with Crippen LogP contribution < -0.4 is 9.47 Å². The number of Topliss-reactive ketones (excluding diaryl/α,β-unsaturated/α-hetero) is 1. The van der Waals surface area contributed by atoms with E-state index in [4.69, 9.17) is 18.9 Å². The lowest BCUT2D eigenvalue weighted by Crippen LogP contribution is -2.16. The van der Waals surface area contributed by atoms with Gasteiger partial charge in [0.1, 0.15) is 31.3 Å². The van der Waals surface area contributed by atoms with Crippen molar-refractivity contribution in [2.24, 2.45) is 0 Å². The maximum atomic E-state index is 12.9. The Morgan fingerprint density at radius 3 is 2.00 bits per heavy atom. The molecule has 0 atom stereocenters. The molecule has 6 nitrogen and oxygen atoms in total. The molecule has 0 aliphatic carbocycles. The van der Waals surface area contributed by atoms with Crippen LogP contribution in [0.2, 0.25) is 0 Å². The lowest BCUT2D eigenvalue weighted by atomic mass is 9.99. The molecule has 0 bridgehead atoms. The second-order valence-corrected chi connectivity index (χ2v) is 7.34. The van der Waals surface area contributed by atoms with Gasteiger partial charge in [-0.1, -0.05) is 60.7 Å². The summed E-state index contributed by atoms with van der Waals surface area (Å²) in [4.78, 5) is 25.2. The summed E-state index contributed by atoms with van der Waals surface area (Å²) in [5, 5.41) is 0. The van der Waals surface area contributed by atoms with Crippen LogP contribution in [-0.4, -0.2) is 32.1 Å². The molecule has 0 aliphatic rings. The smallest absolute Gasteiger partial charge is 0.310 e. The molecule has 3 aromatic rings. The minimum atomic E-state index is -0.432. The zero-order chi connectivity index (χ0) is 23.5. The van der Waals surface area contributed by atoms with Crippen molar-refractivity contribution in [1.29, 1.82) is 0 Å². The fraction of sp³-hybridized carbons (Fsp3) is 0.259. The van der Waals surface area contributed by atoms with Gasteiger partial charge in [-0.25, -0.2) is 0 Å². The first-order valence-corrected chi connectivity index (χ1v) is 10.8. The number of esters is 1. The van der Waals surface area contributed by atoms with E-state index in [1.807, 2.05) is 60.7 Å². The van der Waals surface area contributed by atoms with Gasteiger partial charge >= 0.3 is 5.97 Å². The third-order valence-corrected chi connectivity index (χ3v) is 4.84. The van der Waals surface area contributed by atoms with E-state index in [1.54, 1.807) is 19.1 Å². The van der Waals surface area contributed by atoms with Crippen LogP contribution in [0.25, 0.3) is 0 Å². The maximum Gasteiger partial charge on any atom is 0.310 e. The van der Waals surface area contributed by atoms with Gasteiger partial charge in [0.05, 0.1) is 18.6 Å². The van der Waals surface area contributed by atoms with E-state index in [1.165, 1.54) is 7.11 Å². The minimum Gasteiger partial charge on any atom is -0.489 e. The summed E-state index contributed by atoms with van der Waals surface area (Å²) in [5.74, 6) is 0.119. The standard InChI is InChI=1S/C27H28O6/c1-3-31-26(29)15-22-14-23(32-17-20-10-6-4-7-11-20)16-25(27(22)24(28)19-30-2)33-18-21-12-8-5-9-13-21/h4-14,16H,3,15,17-19H2,1-2H3. The number of carbonyl (C=O) groups is 2. The van der Waals surface area contributed by atoms with Crippen molar-refractivity contribution < 1.29 is 28.5 Å². The van der Waals surface area contributed by atoms with E-state index in [0.29, 0.717) is 29.2 Å². The molecule has 0 N–H and O–H groups in total. The summed E-state index contributed by atoms with van der Waals surface area (Å²) in [6.45, 7) is 2.45. The summed E-state index contributed by atoms with van der Waals surface area (Å²) in [6.07, 6.45) is -0.0805. The second kappa shape index (κ2) is 12.4. The quantitative estimate of drug-likeness (QED) is 0.293.